The van der Waals surface area contributed by atoms with Crippen molar-refractivity contribution in [3.8, 4) is 6.07 Å². The van der Waals surface area contributed by atoms with Crippen molar-refractivity contribution in [2.45, 2.75) is 43.9 Å². The predicted molar refractivity (Wildman–Crippen MR) is 110 cm³/mol. The molecular formula is C22H24F3N5O. The maximum atomic E-state index is 13.1. The number of fused-ring (bicyclic) bond motifs is 1. The molecule has 3 heterocycles. The van der Waals surface area contributed by atoms with Crippen LogP contribution in [0.4, 0.5) is 18.9 Å². The summed E-state index contributed by atoms with van der Waals surface area (Å²) < 4.78 is 39.3. The average molecular weight is 431 g/mol. The van der Waals surface area contributed by atoms with Crippen LogP contribution >= 0.6 is 0 Å². The Morgan fingerprint density at radius 3 is 2.71 bits per heavy atom. The number of carbonyl (C=O) groups is 1. The number of nitrogens with one attached hydrogen (secondary N) is 1. The van der Waals surface area contributed by atoms with Crippen molar-refractivity contribution < 1.29 is 18.0 Å². The van der Waals surface area contributed by atoms with Gasteiger partial charge < -0.3 is 10.2 Å². The second kappa shape index (κ2) is 8.71. The van der Waals surface area contributed by atoms with Gasteiger partial charge in [0.2, 0.25) is 5.91 Å². The van der Waals surface area contributed by atoms with Gasteiger partial charge in [0.25, 0.3) is 0 Å². The van der Waals surface area contributed by atoms with E-state index in [9.17, 15) is 23.2 Å². The number of benzene rings is 1. The molecule has 2 aliphatic rings. The van der Waals surface area contributed by atoms with Gasteiger partial charge in [-0.3, -0.25) is 14.7 Å². The Kier molecular flexibility index (Phi) is 6.01. The van der Waals surface area contributed by atoms with E-state index in [1.807, 2.05) is 0 Å². The fourth-order valence-corrected chi connectivity index (χ4v) is 4.37. The van der Waals surface area contributed by atoms with Crippen molar-refractivity contribution >= 4 is 22.5 Å². The molecule has 2 saturated heterocycles. The van der Waals surface area contributed by atoms with E-state index < -0.39 is 11.7 Å². The molecule has 0 radical (unpaired) electrons. The van der Waals surface area contributed by atoms with Gasteiger partial charge in [-0.25, -0.2) is 0 Å². The van der Waals surface area contributed by atoms with Crippen LogP contribution in [-0.4, -0.2) is 59.0 Å². The normalized spacial score (nSPS) is 20.7. The minimum Gasteiger partial charge on any atom is -0.382 e. The Morgan fingerprint density at radius 1 is 1.23 bits per heavy atom. The van der Waals surface area contributed by atoms with Crippen molar-refractivity contribution in [3.05, 3.63) is 36.0 Å². The summed E-state index contributed by atoms with van der Waals surface area (Å²) in [6.45, 7) is 2.37. The lowest BCUT2D eigenvalue weighted by Gasteiger charge is -2.33. The minimum atomic E-state index is -4.44. The van der Waals surface area contributed by atoms with Crippen LogP contribution in [0.25, 0.3) is 10.9 Å². The standard InChI is InChI=1S/C22H24F3N5O/c23-22(24,25)15-11-18-19(27-13-15)4-1-5-20(18)28-16-6-9-29(10-7-16)14-21(31)30-8-2-3-17(30)12-26/h1,4-5,11,13,16-17,28H,2-3,6-10,14H2. The molecule has 164 valence electrons. The summed E-state index contributed by atoms with van der Waals surface area (Å²) in [5.41, 5.74) is 0.387. The third kappa shape index (κ3) is 4.74. The van der Waals surface area contributed by atoms with Gasteiger partial charge in [0.15, 0.2) is 0 Å². The summed E-state index contributed by atoms with van der Waals surface area (Å²) in [5.74, 6) is -0.00438. The van der Waals surface area contributed by atoms with Gasteiger partial charge in [-0.1, -0.05) is 6.07 Å². The number of hydrogen-bond donors (Lipinski definition) is 1. The number of nitrogens with zero attached hydrogens (tertiary/aromatic N) is 4. The van der Waals surface area contributed by atoms with Gasteiger partial charge in [-0.15, -0.1) is 0 Å². The fourth-order valence-electron chi connectivity index (χ4n) is 4.37. The molecule has 1 unspecified atom stereocenters. The zero-order valence-corrected chi connectivity index (χ0v) is 17.0. The first-order valence-corrected chi connectivity index (χ1v) is 10.5. The number of pyridine rings is 1. The van der Waals surface area contributed by atoms with Gasteiger partial charge in [0.1, 0.15) is 6.04 Å². The monoisotopic (exact) mass is 431 g/mol. The number of likely N-dealkylation sites (tertiary alicyclic amines) is 2. The van der Waals surface area contributed by atoms with Crippen LogP contribution < -0.4 is 5.32 Å². The molecular weight excluding hydrogens is 407 g/mol. The highest BCUT2D eigenvalue weighted by molar-refractivity contribution is 5.91. The molecule has 1 aromatic heterocycles. The molecule has 6 nitrogen and oxygen atoms in total. The van der Waals surface area contributed by atoms with Gasteiger partial charge in [-0.2, -0.15) is 18.4 Å². The molecule has 0 spiro atoms. The summed E-state index contributed by atoms with van der Waals surface area (Å²) in [7, 11) is 0. The van der Waals surface area contributed by atoms with E-state index in [0.717, 1.165) is 37.9 Å². The van der Waals surface area contributed by atoms with Crippen molar-refractivity contribution in [1.82, 2.24) is 14.8 Å². The van der Waals surface area contributed by atoms with Gasteiger partial charge >= 0.3 is 6.18 Å². The first-order chi connectivity index (χ1) is 14.8. The Balaban J connectivity index is 1.37. The lowest BCUT2D eigenvalue weighted by atomic mass is 10.0. The number of nitriles is 1. The number of amides is 1. The zero-order chi connectivity index (χ0) is 22.0. The molecule has 2 aliphatic heterocycles. The molecule has 1 amide bonds. The molecule has 2 aromatic rings. The Labute approximate surface area is 178 Å². The van der Waals surface area contributed by atoms with Crippen molar-refractivity contribution in [2.24, 2.45) is 0 Å². The number of carbonyl (C=O) groups excluding carboxylic acids is 1. The number of halogens is 3. The fraction of sp³-hybridized carbons (Fsp3) is 0.500. The third-order valence-corrected chi connectivity index (χ3v) is 6.08. The molecule has 2 fully saturated rings. The molecule has 1 aromatic carbocycles. The van der Waals surface area contributed by atoms with Crippen LogP contribution in [0, 0.1) is 11.3 Å². The molecule has 0 saturated carbocycles. The summed E-state index contributed by atoms with van der Waals surface area (Å²) in [6, 6.07) is 8.37. The number of anilines is 1. The topological polar surface area (TPSA) is 72.3 Å². The smallest absolute Gasteiger partial charge is 0.382 e. The molecule has 9 heteroatoms. The van der Waals surface area contributed by atoms with E-state index in [1.165, 1.54) is 0 Å². The second-order valence-electron chi connectivity index (χ2n) is 8.16. The van der Waals surface area contributed by atoms with Crippen LogP contribution in [-0.2, 0) is 11.0 Å². The van der Waals surface area contributed by atoms with E-state index in [-0.39, 0.29) is 18.0 Å². The lowest BCUT2D eigenvalue weighted by Crippen LogP contribution is -2.46. The second-order valence-corrected chi connectivity index (χ2v) is 8.16. The average Bonchev–Trinajstić information content (AvgIpc) is 3.23. The largest absolute Gasteiger partial charge is 0.417 e. The number of alkyl halides is 3. The highest BCUT2D eigenvalue weighted by atomic mass is 19.4. The Morgan fingerprint density at radius 2 is 2.00 bits per heavy atom. The van der Waals surface area contributed by atoms with Crippen molar-refractivity contribution in [2.75, 3.05) is 31.5 Å². The predicted octanol–water partition coefficient (Wildman–Crippen LogP) is 3.64. The van der Waals surface area contributed by atoms with Crippen LogP contribution in [0.1, 0.15) is 31.2 Å². The highest BCUT2D eigenvalue weighted by Crippen LogP contribution is 2.33. The quantitative estimate of drug-likeness (QED) is 0.800. The van der Waals surface area contributed by atoms with Crippen LogP contribution in [0.3, 0.4) is 0 Å². The molecule has 4 rings (SSSR count). The third-order valence-electron chi connectivity index (χ3n) is 6.08. The van der Waals surface area contributed by atoms with Crippen LogP contribution in [0.15, 0.2) is 30.5 Å². The van der Waals surface area contributed by atoms with Crippen molar-refractivity contribution in [3.63, 3.8) is 0 Å². The SMILES string of the molecule is N#CC1CCCN1C(=O)CN1CCC(Nc2cccc3ncc(C(F)(F)F)cc23)CC1. The minimum absolute atomic E-state index is 0.00438. The maximum Gasteiger partial charge on any atom is 0.417 e. The lowest BCUT2D eigenvalue weighted by molar-refractivity contribution is -0.137. The summed E-state index contributed by atoms with van der Waals surface area (Å²) in [5, 5.41) is 13.0. The van der Waals surface area contributed by atoms with E-state index in [4.69, 9.17) is 0 Å². The van der Waals surface area contributed by atoms with Crippen molar-refractivity contribution in [1.29, 1.82) is 5.26 Å². The summed E-state index contributed by atoms with van der Waals surface area (Å²) in [6.07, 6.45) is -0.420. The van der Waals surface area contributed by atoms with Crippen LogP contribution in [0.2, 0.25) is 0 Å². The number of rotatable bonds is 4. The summed E-state index contributed by atoms with van der Waals surface area (Å²) >= 11 is 0. The maximum absolute atomic E-state index is 13.1. The first kappa shape index (κ1) is 21.4. The molecule has 1 N–H and O–H groups in total. The van der Waals surface area contributed by atoms with Gasteiger partial charge in [-0.05, 0) is 43.9 Å². The van der Waals surface area contributed by atoms with Gasteiger partial charge in [0, 0.05) is 42.9 Å². The number of piperidine rings is 1. The van der Waals surface area contributed by atoms with E-state index >= 15 is 0 Å². The van der Waals surface area contributed by atoms with Crippen LogP contribution in [0.5, 0.6) is 0 Å². The van der Waals surface area contributed by atoms with E-state index in [1.54, 1.807) is 23.1 Å². The molecule has 0 aliphatic carbocycles. The number of aromatic nitrogens is 1. The summed E-state index contributed by atoms with van der Waals surface area (Å²) in [4.78, 5) is 20.3. The highest BCUT2D eigenvalue weighted by Gasteiger charge is 2.32. The molecule has 1 atom stereocenters. The first-order valence-electron chi connectivity index (χ1n) is 10.5. The molecule has 31 heavy (non-hydrogen) atoms. The number of hydrogen-bond acceptors (Lipinski definition) is 5. The zero-order valence-electron chi connectivity index (χ0n) is 17.0. The van der Waals surface area contributed by atoms with E-state index in [2.05, 4.69) is 21.3 Å². The van der Waals surface area contributed by atoms with Gasteiger partial charge in [0.05, 0.1) is 23.7 Å². The van der Waals surface area contributed by atoms with E-state index in [0.29, 0.717) is 42.8 Å². The molecule has 0 bridgehead atoms. The Hall–Kier alpha value is -2.86. The Bertz CT molecular complexity index is 995.